The Balaban J connectivity index is 2.07. The average molecular weight is 351 g/mol. The van der Waals surface area contributed by atoms with Crippen LogP contribution >= 0.6 is 0 Å². The maximum atomic E-state index is 6.29. The van der Waals surface area contributed by atoms with Gasteiger partial charge in [0, 0.05) is 0 Å². The van der Waals surface area contributed by atoms with Crippen LogP contribution in [0, 0.1) is 11.3 Å². The van der Waals surface area contributed by atoms with Crippen molar-refractivity contribution in [3.8, 4) is 0 Å². The number of hydrogen-bond acceptors (Lipinski definition) is 1. The van der Waals surface area contributed by atoms with Crippen LogP contribution in [0.1, 0.15) is 46.5 Å². The van der Waals surface area contributed by atoms with Gasteiger partial charge in [0.2, 0.25) is 0 Å². The predicted molar refractivity (Wildman–Crippen MR) is 92.1 cm³/mol. The van der Waals surface area contributed by atoms with E-state index in [-0.39, 0.29) is 4.50 Å². The number of benzene rings is 1. The van der Waals surface area contributed by atoms with Crippen LogP contribution in [0.25, 0.3) is 0 Å². The standard InChI is InChI=1S/C19H28OSe/c1-5-15-20-19(21-17-9-7-6-8-10-17)13-11-16(12-14-19)18(2,3)4/h5-10,16H,1,11-15H2,2-4H3. The van der Waals surface area contributed by atoms with Crippen LogP contribution in [-0.4, -0.2) is 26.1 Å². The molecule has 0 amide bonds. The van der Waals surface area contributed by atoms with Crippen LogP contribution < -0.4 is 4.46 Å². The number of hydrogen-bond donors (Lipinski definition) is 0. The number of ether oxygens (including phenoxy) is 1. The Labute approximate surface area is 136 Å². The Bertz CT molecular complexity index is 438. The van der Waals surface area contributed by atoms with Crippen LogP contribution in [0.2, 0.25) is 0 Å². The van der Waals surface area contributed by atoms with Gasteiger partial charge in [-0.1, -0.05) is 0 Å². The third-order valence-electron chi connectivity index (χ3n) is 4.48. The third kappa shape index (κ3) is 4.71. The maximum absolute atomic E-state index is 6.29. The van der Waals surface area contributed by atoms with Gasteiger partial charge in [0.25, 0.3) is 0 Å². The zero-order valence-corrected chi connectivity index (χ0v) is 15.3. The second-order valence-corrected chi connectivity index (χ2v) is 10.0. The normalized spacial score (nSPS) is 26.5. The molecule has 0 N–H and O–H groups in total. The summed E-state index contributed by atoms with van der Waals surface area (Å²) in [5.41, 5.74) is 0.421. The first-order valence-corrected chi connectivity index (χ1v) is 9.65. The summed E-state index contributed by atoms with van der Waals surface area (Å²) in [6.07, 6.45) is 6.85. The van der Waals surface area contributed by atoms with Crippen LogP contribution in [0.3, 0.4) is 0 Å². The van der Waals surface area contributed by atoms with Gasteiger partial charge in [0.1, 0.15) is 0 Å². The van der Waals surface area contributed by atoms with Crippen molar-refractivity contribution in [3.05, 3.63) is 43.0 Å². The van der Waals surface area contributed by atoms with E-state index in [1.807, 2.05) is 6.08 Å². The first-order valence-electron chi connectivity index (χ1n) is 7.94. The van der Waals surface area contributed by atoms with Gasteiger partial charge in [0.15, 0.2) is 0 Å². The summed E-state index contributed by atoms with van der Waals surface area (Å²) in [5.74, 6) is 0.824. The molecule has 116 valence electrons. The second kappa shape index (κ2) is 7.13. The average Bonchev–Trinajstić information content (AvgIpc) is 2.46. The van der Waals surface area contributed by atoms with E-state index in [1.54, 1.807) is 0 Å². The van der Waals surface area contributed by atoms with Crippen molar-refractivity contribution in [3.63, 3.8) is 0 Å². The molecule has 2 heteroatoms. The van der Waals surface area contributed by atoms with Crippen LogP contribution in [0.4, 0.5) is 0 Å². The summed E-state index contributed by atoms with van der Waals surface area (Å²) in [6, 6.07) is 10.9. The minimum absolute atomic E-state index is 0.0737. The van der Waals surface area contributed by atoms with E-state index in [4.69, 9.17) is 4.74 Å². The molecule has 1 saturated carbocycles. The van der Waals surface area contributed by atoms with Crippen molar-refractivity contribution in [2.75, 3.05) is 6.61 Å². The topological polar surface area (TPSA) is 9.23 Å². The van der Waals surface area contributed by atoms with E-state index in [2.05, 4.69) is 57.7 Å². The molecule has 1 fully saturated rings. The van der Waals surface area contributed by atoms with Crippen LogP contribution in [0.15, 0.2) is 43.0 Å². The molecular weight excluding hydrogens is 323 g/mol. The fourth-order valence-corrected chi connectivity index (χ4v) is 5.82. The second-order valence-electron chi connectivity index (χ2n) is 7.07. The van der Waals surface area contributed by atoms with Gasteiger partial charge < -0.3 is 0 Å². The Morgan fingerprint density at radius 2 is 1.86 bits per heavy atom. The van der Waals surface area contributed by atoms with E-state index in [0.29, 0.717) is 27.0 Å². The first-order chi connectivity index (χ1) is 9.95. The molecule has 0 atom stereocenters. The molecule has 21 heavy (non-hydrogen) atoms. The monoisotopic (exact) mass is 352 g/mol. The molecule has 1 aliphatic rings. The van der Waals surface area contributed by atoms with Gasteiger partial charge in [-0.05, 0) is 0 Å². The van der Waals surface area contributed by atoms with Crippen molar-refractivity contribution in [2.45, 2.75) is 51.0 Å². The molecule has 0 heterocycles. The van der Waals surface area contributed by atoms with Gasteiger partial charge in [-0.25, -0.2) is 0 Å². The molecule has 1 aliphatic carbocycles. The summed E-state index contributed by atoms with van der Waals surface area (Å²) in [6.45, 7) is 11.6. The molecule has 0 bridgehead atoms. The van der Waals surface area contributed by atoms with Gasteiger partial charge in [-0.3, -0.25) is 0 Å². The SMILES string of the molecule is C=CCOC1([Se]c2ccccc2)CCC(C(C)(C)C)CC1. The molecule has 0 saturated heterocycles. The predicted octanol–water partition coefficient (Wildman–Crippen LogP) is 4.15. The summed E-state index contributed by atoms with van der Waals surface area (Å²) in [5, 5.41) is 0. The van der Waals surface area contributed by atoms with Gasteiger partial charge in [-0.15, -0.1) is 0 Å². The quantitative estimate of drug-likeness (QED) is 0.572. The van der Waals surface area contributed by atoms with Crippen molar-refractivity contribution >= 4 is 19.4 Å². The zero-order valence-electron chi connectivity index (χ0n) is 13.6. The summed E-state index contributed by atoms with van der Waals surface area (Å²) in [7, 11) is 0. The molecule has 1 aromatic carbocycles. The Morgan fingerprint density at radius 1 is 1.24 bits per heavy atom. The molecule has 0 aliphatic heterocycles. The fraction of sp³-hybridized carbons (Fsp3) is 0.579. The Morgan fingerprint density at radius 3 is 2.38 bits per heavy atom. The van der Waals surface area contributed by atoms with Gasteiger partial charge in [0.05, 0.1) is 0 Å². The van der Waals surface area contributed by atoms with Gasteiger partial charge in [-0.2, -0.15) is 0 Å². The zero-order chi connectivity index (χ0) is 15.3. The summed E-state index contributed by atoms with van der Waals surface area (Å²) >= 11 is 0.375. The van der Waals surface area contributed by atoms with Gasteiger partial charge >= 0.3 is 136 Å². The van der Waals surface area contributed by atoms with Crippen molar-refractivity contribution in [1.29, 1.82) is 0 Å². The Kier molecular flexibility index (Phi) is 5.71. The van der Waals surface area contributed by atoms with Crippen molar-refractivity contribution in [2.24, 2.45) is 11.3 Å². The third-order valence-corrected chi connectivity index (χ3v) is 7.43. The molecule has 0 radical (unpaired) electrons. The Hall–Kier alpha value is -0.561. The molecule has 2 rings (SSSR count). The van der Waals surface area contributed by atoms with E-state index >= 15 is 0 Å². The minimum atomic E-state index is 0.0737. The summed E-state index contributed by atoms with van der Waals surface area (Å²) in [4.78, 5) is 0. The molecule has 1 nitrogen and oxygen atoms in total. The number of rotatable bonds is 5. The molecule has 0 unspecified atom stereocenters. The van der Waals surface area contributed by atoms with E-state index in [9.17, 15) is 0 Å². The summed E-state index contributed by atoms with van der Waals surface area (Å²) < 4.78 is 7.82. The fourth-order valence-electron chi connectivity index (χ4n) is 3.11. The van der Waals surface area contributed by atoms with Crippen molar-refractivity contribution < 1.29 is 4.74 Å². The molecule has 0 spiro atoms. The first kappa shape index (κ1) is 16.8. The molecule has 0 aromatic heterocycles. The van der Waals surface area contributed by atoms with Crippen LogP contribution in [-0.2, 0) is 4.74 Å². The molecule has 1 aromatic rings. The van der Waals surface area contributed by atoms with Crippen molar-refractivity contribution in [1.82, 2.24) is 0 Å². The molecular formula is C19H28OSe. The van der Waals surface area contributed by atoms with E-state index in [1.165, 1.54) is 30.1 Å². The van der Waals surface area contributed by atoms with Crippen LogP contribution in [0.5, 0.6) is 0 Å². The van der Waals surface area contributed by atoms with E-state index in [0.717, 1.165) is 5.92 Å². The van der Waals surface area contributed by atoms with E-state index < -0.39 is 0 Å².